The van der Waals surface area contributed by atoms with Crippen molar-refractivity contribution < 1.29 is 19.2 Å². The Morgan fingerprint density at radius 1 is 1.33 bits per heavy atom. The lowest BCUT2D eigenvalue weighted by Gasteiger charge is -2.21. The topological polar surface area (TPSA) is 134 Å². The molecular weight excluding hydrogens is 262 g/mol. The first kappa shape index (κ1) is 13.6. The number of hydrogen-bond donors (Lipinski definition) is 4. The van der Waals surface area contributed by atoms with Crippen molar-refractivity contribution in [2.45, 2.75) is 6.92 Å². The number of carbonyl (C=O) groups excluding carboxylic acids is 4. The van der Waals surface area contributed by atoms with Gasteiger partial charge in [-0.1, -0.05) is 0 Å². The molecule has 0 spiro atoms. The maximum Gasteiger partial charge on any atom is 0.328 e. The van der Waals surface area contributed by atoms with Gasteiger partial charge >= 0.3 is 6.03 Å². The summed E-state index contributed by atoms with van der Waals surface area (Å²) in [6.45, 7) is 1.19. The van der Waals surface area contributed by atoms with E-state index >= 15 is 0 Å². The number of imide groups is 2. The normalized spacial score (nSPS) is 14.5. The highest BCUT2D eigenvalue weighted by Crippen LogP contribution is 2.02. The molecule has 10 heteroatoms. The Bertz CT molecular complexity index is 464. The van der Waals surface area contributed by atoms with Crippen LogP contribution in [0.5, 0.6) is 0 Å². The SMILES string of the molecule is CC(=O)NN(C=C1C(=O)NC(=O)NC1=O)C(N)=S. The maximum absolute atomic E-state index is 11.4. The monoisotopic (exact) mass is 271 g/mol. The van der Waals surface area contributed by atoms with Gasteiger partial charge in [0.1, 0.15) is 5.57 Å². The number of hydrogen-bond acceptors (Lipinski definition) is 5. The van der Waals surface area contributed by atoms with Crippen LogP contribution >= 0.6 is 12.2 Å². The van der Waals surface area contributed by atoms with Gasteiger partial charge in [-0.05, 0) is 12.2 Å². The number of thiocarbonyl (C=S) groups is 1. The molecule has 1 fully saturated rings. The van der Waals surface area contributed by atoms with Crippen molar-refractivity contribution in [3.05, 3.63) is 11.8 Å². The van der Waals surface area contributed by atoms with Crippen LogP contribution < -0.4 is 21.8 Å². The van der Waals surface area contributed by atoms with Crippen LogP contribution in [0.2, 0.25) is 0 Å². The molecule has 0 aromatic rings. The molecule has 96 valence electrons. The summed E-state index contributed by atoms with van der Waals surface area (Å²) in [6.07, 6.45) is 0.917. The number of rotatable bonds is 1. The van der Waals surface area contributed by atoms with Crippen molar-refractivity contribution in [3.8, 4) is 0 Å². The largest absolute Gasteiger partial charge is 0.374 e. The van der Waals surface area contributed by atoms with Crippen LogP contribution in [-0.4, -0.2) is 33.9 Å². The molecule has 5 N–H and O–H groups in total. The van der Waals surface area contributed by atoms with Gasteiger partial charge in [0.05, 0.1) is 0 Å². The van der Waals surface area contributed by atoms with Crippen molar-refractivity contribution in [2.24, 2.45) is 5.73 Å². The molecule has 0 unspecified atom stereocenters. The molecule has 1 saturated heterocycles. The van der Waals surface area contributed by atoms with Crippen LogP contribution in [0.1, 0.15) is 6.92 Å². The summed E-state index contributed by atoms with van der Waals surface area (Å²) < 4.78 is 0. The Balaban J connectivity index is 3.00. The Morgan fingerprint density at radius 3 is 2.22 bits per heavy atom. The molecule has 5 amide bonds. The zero-order chi connectivity index (χ0) is 13.9. The number of amides is 5. The molecule has 9 nitrogen and oxygen atoms in total. The predicted octanol–water partition coefficient (Wildman–Crippen LogP) is -2.17. The number of nitrogens with two attached hydrogens (primary N) is 1. The zero-order valence-electron chi connectivity index (χ0n) is 9.14. The Labute approximate surface area is 106 Å². The Morgan fingerprint density at radius 2 is 1.83 bits per heavy atom. The van der Waals surface area contributed by atoms with E-state index in [2.05, 4.69) is 17.6 Å². The fourth-order valence-corrected chi connectivity index (χ4v) is 1.14. The Kier molecular flexibility index (Phi) is 3.94. The number of nitrogens with one attached hydrogen (secondary N) is 3. The summed E-state index contributed by atoms with van der Waals surface area (Å²) in [5.41, 5.74) is 7.05. The van der Waals surface area contributed by atoms with Crippen LogP contribution in [0.25, 0.3) is 0 Å². The third-order valence-electron chi connectivity index (χ3n) is 1.72. The molecule has 0 aliphatic carbocycles. The van der Waals surface area contributed by atoms with Crippen molar-refractivity contribution in [1.29, 1.82) is 0 Å². The first-order chi connectivity index (χ1) is 8.31. The minimum atomic E-state index is -0.927. The lowest BCUT2D eigenvalue weighted by atomic mass is 10.2. The number of nitrogens with zero attached hydrogens (tertiary/aromatic N) is 1. The second-order valence-corrected chi connectivity index (χ2v) is 3.57. The summed E-state index contributed by atoms with van der Waals surface area (Å²) in [6, 6.07) is -0.927. The molecule has 1 heterocycles. The van der Waals surface area contributed by atoms with Crippen LogP contribution in [0.3, 0.4) is 0 Å². The van der Waals surface area contributed by atoms with Crippen LogP contribution in [0, 0.1) is 0 Å². The van der Waals surface area contributed by atoms with Gasteiger partial charge in [0.25, 0.3) is 11.8 Å². The summed E-state index contributed by atoms with van der Waals surface area (Å²) in [4.78, 5) is 44.4. The first-order valence-electron chi connectivity index (χ1n) is 4.55. The van der Waals surface area contributed by atoms with Gasteiger partial charge in [-0.25, -0.2) is 9.80 Å². The molecule has 0 saturated carbocycles. The van der Waals surface area contributed by atoms with Gasteiger partial charge in [0.2, 0.25) is 5.91 Å². The van der Waals surface area contributed by atoms with Gasteiger partial charge in [-0.2, -0.15) is 0 Å². The lowest BCUT2D eigenvalue weighted by Crippen LogP contribution is -2.53. The van der Waals surface area contributed by atoms with Crippen LogP contribution in [-0.2, 0) is 14.4 Å². The third kappa shape index (κ3) is 3.25. The summed E-state index contributed by atoms with van der Waals surface area (Å²) in [7, 11) is 0. The minimum Gasteiger partial charge on any atom is -0.374 e. The third-order valence-corrected chi connectivity index (χ3v) is 1.91. The second-order valence-electron chi connectivity index (χ2n) is 3.16. The smallest absolute Gasteiger partial charge is 0.328 e. The number of barbiturate groups is 1. The minimum absolute atomic E-state index is 0.282. The molecule has 0 aromatic carbocycles. The molecule has 0 atom stereocenters. The van der Waals surface area contributed by atoms with E-state index in [-0.39, 0.29) is 5.11 Å². The number of hydrazine groups is 1. The van der Waals surface area contributed by atoms with Crippen molar-refractivity contribution in [2.75, 3.05) is 0 Å². The van der Waals surface area contributed by atoms with E-state index in [9.17, 15) is 19.2 Å². The van der Waals surface area contributed by atoms with E-state index in [0.717, 1.165) is 11.2 Å². The molecule has 0 radical (unpaired) electrons. The average molecular weight is 271 g/mol. The number of urea groups is 1. The van der Waals surface area contributed by atoms with E-state index < -0.39 is 29.3 Å². The molecule has 1 aliphatic rings. The second kappa shape index (κ2) is 5.23. The van der Waals surface area contributed by atoms with Gasteiger partial charge in [-0.3, -0.25) is 30.4 Å². The highest BCUT2D eigenvalue weighted by atomic mass is 32.1. The van der Waals surface area contributed by atoms with Crippen molar-refractivity contribution in [1.82, 2.24) is 21.1 Å². The summed E-state index contributed by atoms with van der Waals surface area (Å²) in [5, 5.41) is 4.25. The zero-order valence-corrected chi connectivity index (χ0v) is 9.96. The van der Waals surface area contributed by atoms with Crippen molar-refractivity contribution in [3.63, 3.8) is 0 Å². The van der Waals surface area contributed by atoms with Crippen molar-refractivity contribution >= 4 is 41.1 Å². The van der Waals surface area contributed by atoms with E-state index in [1.165, 1.54) is 6.92 Å². The average Bonchev–Trinajstić information content (AvgIpc) is 2.20. The maximum atomic E-state index is 11.4. The van der Waals surface area contributed by atoms with Crippen LogP contribution in [0.15, 0.2) is 11.8 Å². The van der Waals surface area contributed by atoms with E-state index in [4.69, 9.17) is 5.73 Å². The van der Waals surface area contributed by atoms with Gasteiger partial charge in [-0.15, -0.1) is 0 Å². The summed E-state index contributed by atoms with van der Waals surface area (Å²) >= 11 is 4.62. The van der Waals surface area contributed by atoms with Crippen LogP contribution in [0.4, 0.5) is 4.79 Å². The molecule has 18 heavy (non-hydrogen) atoms. The molecule has 1 aliphatic heterocycles. The highest BCUT2D eigenvalue weighted by Gasteiger charge is 2.29. The summed E-state index contributed by atoms with van der Waals surface area (Å²) in [5.74, 6) is -2.35. The fraction of sp³-hybridized carbons (Fsp3) is 0.125. The van der Waals surface area contributed by atoms with E-state index in [1.807, 2.05) is 10.6 Å². The Hall–Kier alpha value is -2.49. The van der Waals surface area contributed by atoms with E-state index in [1.54, 1.807) is 0 Å². The quantitative estimate of drug-likeness (QED) is 0.184. The van der Waals surface area contributed by atoms with E-state index in [0.29, 0.717) is 0 Å². The van der Waals surface area contributed by atoms with Gasteiger partial charge in [0, 0.05) is 13.1 Å². The number of carbonyl (C=O) groups is 4. The van der Waals surface area contributed by atoms with Gasteiger partial charge in [0.15, 0.2) is 5.11 Å². The highest BCUT2D eigenvalue weighted by molar-refractivity contribution is 7.80. The molecule has 1 rings (SSSR count). The lowest BCUT2D eigenvalue weighted by molar-refractivity contribution is -0.125. The standard InChI is InChI=1S/C8H9N5O4S/c1-3(14)12-13(7(9)18)2-4-5(15)10-8(17)11-6(4)16/h2H,1H3,(H2,9,18)(H,12,14)(H2,10,11,15,16,17). The molecule has 0 aromatic heterocycles. The predicted molar refractivity (Wildman–Crippen MR) is 62.2 cm³/mol. The van der Waals surface area contributed by atoms with Gasteiger partial charge < -0.3 is 5.73 Å². The molecular formula is C8H9N5O4S. The first-order valence-corrected chi connectivity index (χ1v) is 4.96. The fourth-order valence-electron chi connectivity index (χ4n) is 1.04. The molecule has 0 bridgehead atoms.